The molecule has 1 N–H and O–H groups in total. The molecule has 29 heavy (non-hydrogen) atoms. The van der Waals surface area contributed by atoms with E-state index in [0.717, 1.165) is 22.4 Å². The highest BCUT2D eigenvalue weighted by molar-refractivity contribution is 5.91. The number of amides is 2. The van der Waals surface area contributed by atoms with Gasteiger partial charge in [-0.15, -0.1) is 5.10 Å². The lowest BCUT2D eigenvalue weighted by molar-refractivity contribution is -0.119. The summed E-state index contributed by atoms with van der Waals surface area (Å²) >= 11 is 0. The number of rotatable bonds is 5. The summed E-state index contributed by atoms with van der Waals surface area (Å²) in [6.45, 7) is 4.06. The Morgan fingerprint density at radius 3 is 2.76 bits per heavy atom. The fourth-order valence-corrected chi connectivity index (χ4v) is 3.18. The van der Waals surface area contributed by atoms with Crippen molar-refractivity contribution in [3.05, 3.63) is 48.4 Å². The van der Waals surface area contributed by atoms with Crippen LogP contribution in [0.15, 0.2) is 42.9 Å². The van der Waals surface area contributed by atoms with E-state index in [2.05, 4.69) is 25.8 Å². The van der Waals surface area contributed by atoms with Gasteiger partial charge in [-0.25, -0.2) is 9.78 Å². The molecule has 3 heterocycles. The number of nitrogens with one attached hydrogen (secondary N) is 1. The van der Waals surface area contributed by atoms with Gasteiger partial charge in [0.2, 0.25) is 5.91 Å². The van der Waals surface area contributed by atoms with Gasteiger partial charge in [-0.05, 0) is 52.7 Å². The van der Waals surface area contributed by atoms with Gasteiger partial charge in [0.05, 0.1) is 18.8 Å². The minimum atomic E-state index is -0.413. The molecule has 4 rings (SSSR count). The van der Waals surface area contributed by atoms with Gasteiger partial charge in [0.25, 0.3) is 0 Å². The topological polar surface area (TPSA) is 115 Å². The van der Waals surface area contributed by atoms with Crippen LogP contribution in [-0.2, 0) is 9.53 Å². The normalized spacial score (nSPS) is 16.0. The minimum Gasteiger partial charge on any atom is -0.442 e. The maximum Gasteiger partial charge on any atom is 0.414 e. The van der Waals surface area contributed by atoms with Gasteiger partial charge in [0.1, 0.15) is 12.4 Å². The molecule has 0 radical (unpaired) electrons. The lowest BCUT2D eigenvalue weighted by Gasteiger charge is -2.17. The number of nitrogens with zero attached hydrogens (tertiary/aromatic N) is 6. The number of carbonyl (C=O) groups is 2. The molecule has 10 heteroatoms. The highest BCUT2D eigenvalue weighted by Crippen LogP contribution is 2.29. The molecule has 1 aliphatic heterocycles. The molecule has 0 spiro atoms. The van der Waals surface area contributed by atoms with E-state index >= 15 is 0 Å². The Morgan fingerprint density at radius 2 is 2.10 bits per heavy atom. The Morgan fingerprint density at radius 1 is 1.28 bits per heavy atom. The first-order chi connectivity index (χ1) is 14.0. The smallest absolute Gasteiger partial charge is 0.414 e. The highest BCUT2D eigenvalue weighted by atomic mass is 16.6. The molecule has 0 aliphatic carbocycles. The van der Waals surface area contributed by atoms with E-state index in [1.54, 1.807) is 11.1 Å². The fraction of sp³-hybridized carbons (Fsp3) is 0.263. The molecule has 1 saturated heterocycles. The Kier molecular flexibility index (Phi) is 4.90. The molecule has 0 saturated carbocycles. The predicted molar refractivity (Wildman–Crippen MR) is 103 cm³/mol. The van der Waals surface area contributed by atoms with Crippen molar-refractivity contribution in [2.75, 3.05) is 18.0 Å². The van der Waals surface area contributed by atoms with Crippen molar-refractivity contribution in [3.63, 3.8) is 0 Å². The van der Waals surface area contributed by atoms with Crippen molar-refractivity contribution >= 4 is 17.7 Å². The Bertz CT molecular complexity index is 1030. The predicted octanol–water partition coefficient (Wildman–Crippen LogP) is 1.49. The van der Waals surface area contributed by atoms with Crippen LogP contribution in [0.5, 0.6) is 0 Å². The number of pyridine rings is 1. The summed E-state index contributed by atoms with van der Waals surface area (Å²) in [4.78, 5) is 29.3. The number of carbonyl (C=O) groups excluding carboxylic acids is 2. The molecule has 2 amide bonds. The number of ether oxygens (including phenoxy) is 1. The van der Waals surface area contributed by atoms with Crippen molar-refractivity contribution in [1.82, 2.24) is 30.5 Å². The van der Waals surface area contributed by atoms with Crippen molar-refractivity contribution in [2.24, 2.45) is 0 Å². The molecular formula is C19H19N7O3. The van der Waals surface area contributed by atoms with Crippen LogP contribution in [0.4, 0.5) is 10.5 Å². The first kappa shape index (κ1) is 18.5. The maximum absolute atomic E-state index is 12.2. The number of benzene rings is 1. The fourth-order valence-electron chi connectivity index (χ4n) is 3.18. The molecule has 1 aliphatic rings. The van der Waals surface area contributed by atoms with Gasteiger partial charge < -0.3 is 10.1 Å². The average molecular weight is 393 g/mol. The van der Waals surface area contributed by atoms with Gasteiger partial charge in [0.15, 0.2) is 5.82 Å². The zero-order valence-corrected chi connectivity index (χ0v) is 15.9. The van der Waals surface area contributed by atoms with E-state index in [1.807, 2.05) is 37.3 Å². The number of aromatic nitrogens is 5. The number of anilines is 1. The second-order valence-corrected chi connectivity index (χ2v) is 6.71. The SMILES string of the molecule is CC(=O)NC[C@H]1CN(c2ccc(-c3ccc(-n4cnnn4)nc3)cc2C)C(=O)O1. The number of hydrogen-bond acceptors (Lipinski definition) is 7. The second-order valence-electron chi connectivity index (χ2n) is 6.71. The van der Waals surface area contributed by atoms with Crippen LogP contribution in [0.2, 0.25) is 0 Å². The molecule has 2 aromatic heterocycles. The van der Waals surface area contributed by atoms with Gasteiger partial charge in [-0.3, -0.25) is 9.69 Å². The molecule has 0 bridgehead atoms. The first-order valence-electron chi connectivity index (χ1n) is 9.04. The number of tetrazole rings is 1. The maximum atomic E-state index is 12.2. The quantitative estimate of drug-likeness (QED) is 0.698. The second kappa shape index (κ2) is 7.66. The van der Waals surface area contributed by atoms with E-state index < -0.39 is 6.09 Å². The van der Waals surface area contributed by atoms with Crippen molar-refractivity contribution in [3.8, 4) is 16.9 Å². The van der Waals surface area contributed by atoms with Gasteiger partial charge >= 0.3 is 6.09 Å². The summed E-state index contributed by atoms with van der Waals surface area (Å²) in [7, 11) is 0. The average Bonchev–Trinajstić information content (AvgIpc) is 3.36. The molecule has 1 fully saturated rings. The Labute approximate surface area is 166 Å². The highest BCUT2D eigenvalue weighted by Gasteiger charge is 2.33. The summed E-state index contributed by atoms with van der Waals surface area (Å²) in [5.41, 5.74) is 3.62. The van der Waals surface area contributed by atoms with Crippen LogP contribution in [0.25, 0.3) is 16.9 Å². The third-order valence-corrected chi connectivity index (χ3v) is 4.61. The van der Waals surface area contributed by atoms with E-state index in [1.165, 1.54) is 17.9 Å². The molecular weight excluding hydrogens is 374 g/mol. The van der Waals surface area contributed by atoms with E-state index in [0.29, 0.717) is 18.9 Å². The molecule has 0 unspecified atom stereocenters. The van der Waals surface area contributed by atoms with Gasteiger partial charge in [-0.1, -0.05) is 6.07 Å². The zero-order chi connectivity index (χ0) is 20.4. The van der Waals surface area contributed by atoms with Crippen LogP contribution in [0.3, 0.4) is 0 Å². The third kappa shape index (κ3) is 3.91. The lowest BCUT2D eigenvalue weighted by Crippen LogP contribution is -2.33. The number of cyclic esters (lactones) is 1. The zero-order valence-electron chi connectivity index (χ0n) is 15.9. The summed E-state index contributed by atoms with van der Waals surface area (Å²) in [5, 5.41) is 13.7. The standard InChI is InChI=1S/C19H19N7O3/c1-12-7-14(15-4-6-18(21-8-15)26-11-22-23-24-26)3-5-17(12)25-10-16(29-19(25)28)9-20-13(2)27/h3-8,11,16H,9-10H2,1-2H3,(H,20,27)/t16-/m0/s1. The molecule has 10 nitrogen and oxygen atoms in total. The number of hydrogen-bond donors (Lipinski definition) is 1. The van der Waals surface area contributed by atoms with Crippen LogP contribution in [0, 0.1) is 6.92 Å². The molecule has 148 valence electrons. The minimum absolute atomic E-state index is 0.153. The van der Waals surface area contributed by atoms with Crippen molar-refractivity contribution < 1.29 is 14.3 Å². The Hall–Kier alpha value is -3.82. The van der Waals surface area contributed by atoms with Crippen molar-refractivity contribution in [1.29, 1.82) is 0 Å². The lowest BCUT2D eigenvalue weighted by atomic mass is 10.0. The van der Waals surface area contributed by atoms with Crippen LogP contribution in [-0.4, -0.2) is 56.4 Å². The Balaban J connectivity index is 1.51. The van der Waals surface area contributed by atoms with Crippen molar-refractivity contribution in [2.45, 2.75) is 20.0 Å². The molecule has 1 atom stereocenters. The van der Waals surface area contributed by atoms with Gasteiger partial charge in [0, 0.05) is 18.7 Å². The number of aryl methyl sites for hydroxylation is 1. The largest absolute Gasteiger partial charge is 0.442 e. The van der Waals surface area contributed by atoms with Gasteiger partial charge in [-0.2, -0.15) is 4.68 Å². The van der Waals surface area contributed by atoms with E-state index in [-0.39, 0.29) is 12.0 Å². The summed E-state index contributed by atoms with van der Waals surface area (Å²) < 4.78 is 6.82. The first-order valence-corrected chi connectivity index (χ1v) is 9.04. The summed E-state index contributed by atoms with van der Waals surface area (Å²) in [6, 6.07) is 9.59. The monoisotopic (exact) mass is 393 g/mol. The molecule has 1 aromatic carbocycles. The summed E-state index contributed by atoms with van der Waals surface area (Å²) in [6.07, 6.45) is 2.45. The van der Waals surface area contributed by atoms with Crippen LogP contribution >= 0.6 is 0 Å². The van der Waals surface area contributed by atoms with E-state index in [4.69, 9.17) is 4.74 Å². The van der Waals surface area contributed by atoms with Crippen LogP contribution < -0.4 is 10.2 Å². The third-order valence-electron chi connectivity index (χ3n) is 4.61. The van der Waals surface area contributed by atoms with E-state index in [9.17, 15) is 9.59 Å². The molecule has 3 aromatic rings. The van der Waals surface area contributed by atoms with Crippen LogP contribution in [0.1, 0.15) is 12.5 Å². The summed E-state index contributed by atoms with van der Waals surface area (Å²) in [5.74, 6) is 0.469.